The van der Waals surface area contributed by atoms with Crippen molar-refractivity contribution < 1.29 is 0 Å². The standard InChI is InChI=1S/C18H16N4S2/c1-2-16-15(21-10-23-16)7-12(1)22-14-4-6-20-18-13(14)8-17(24-18)11-3-5-19-9-11/h1-2,4,6-8,10-11,19H,3,5,9H2,(H,20,22)/t11-/m1/s1. The summed E-state index contributed by atoms with van der Waals surface area (Å²) in [5.74, 6) is 0.628. The molecule has 24 heavy (non-hydrogen) atoms. The predicted molar refractivity (Wildman–Crippen MR) is 103 cm³/mol. The number of nitrogens with zero attached hydrogens (tertiary/aromatic N) is 2. The number of fused-ring (bicyclic) bond motifs is 2. The Kier molecular flexibility index (Phi) is 3.47. The first-order valence-corrected chi connectivity index (χ1v) is 9.76. The monoisotopic (exact) mass is 352 g/mol. The second-order valence-electron chi connectivity index (χ2n) is 6.08. The lowest BCUT2D eigenvalue weighted by molar-refractivity contribution is 0.779. The van der Waals surface area contributed by atoms with Gasteiger partial charge in [0, 0.05) is 34.6 Å². The fourth-order valence-corrected chi connectivity index (χ4v) is 5.08. The first kappa shape index (κ1) is 14.3. The minimum absolute atomic E-state index is 0.628. The molecule has 4 nitrogen and oxygen atoms in total. The molecule has 0 radical (unpaired) electrons. The van der Waals surface area contributed by atoms with Gasteiger partial charge < -0.3 is 10.6 Å². The lowest BCUT2D eigenvalue weighted by Crippen LogP contribution is -2.07. The number of benzene rings is 1. The van der Waals surface area contributed by atoms with E-state index in [1.165, 1.54) is 21.4 Å². The third kappa shape index (κ3) is 2.47. The van der Waals surface area contributed by atoms with Crippen LogP contribution in [0, 0.1) is 0 Å². The first-order valence-electron chi connectivity index (χ1n) is 8.06. The van der Waals surface area contributed by atoms with Crippen LogP contribution in [0.2, 0.25) is 0 Å². The van der Waals surface area contributed by atoms with E-state index in [4.69, 9.17) is 0 Å². The van der Waals surface area contributed by atoms with Gasteiger partial charge in [0.1, 0.15) is 4.83 Å². The summed E-state index contributed by atoms with van der Waals surface area (Å²) in [6.07, 6.45) is 3.11. The summed E-state index contributed by atoms with van der Waals surface area (Å²) in [5, 5.41) is 8.21. The fraction of sp³-hybridized carbons (Fsp3) is 0.222. The van der Waals surface area contributed by atoms with Gasteiger partial charge in [-0.05, 0) is 43.3 Å². The SMILES string of the molecule is c1cc(Nc2ccc3scnc3c2)c2cc([C@@H]3CCNC3)sc2n1. The van der Waals surface area contributed by atoms with E-state index < -0.39 is 0 Å². The van der Waals surface area contributed by atoms with Crippen LogP contribution in [-0.4, -0.2) is 23.1 Å². The Morgan fingerprint density at radius 3 is 3.08 bits per heavy atom. The third-order valence-electron chi connectivity index (χ3n) is 4.53. The lowest BCUT2D eigenvalue weighted by Gasteiger charge is -2.07. The molecule has 1 saturated heterocycles. The molecule has 1 fully saturated rings. The summed E-state index contributed by atoms with van der Waals surface area (Å²) in [5.41, 5.74) is 5.11. The molecule has 3 aromatic heterocycles. The van der Waals surface area contributed by atoms with Crippen molar-refractivity contribution in [2.75, 3.05) is 18.4 Å². The number of nitrogens with one attached hydrogen (secondary N) is 2. The van der Waals surface area contributed by atoms with Crippen LogP contribution in [0.3, 0.4) is 0 Å². The Morgan fingerprint density at radius 2 is 2.17 bits per heavy atom. The zero-order chi connectivity index (χ0) is 15.9. The second-order valence-corrected chi connectivity index (χ2v) is 8.02. The summed E-state index contributed by atoms with van der Waals surface area (Å²) < 4.78 is 1.21. The van der Waals surface area contributed by atoms with Gasteiger partial charge in [-0.15, -0.1) is 22.7 Å². The van der Waals surface area contributed by atoms with Gasteiger partial charge in [0.15, 0.2) is 0 Å². The normalized spacial score (nSPS) is 17.8. The van der Waals surface area contributed by atoms with Crippen molar-refractivity contribution in [1.82, 2.24) is 15.3 Å². The summed E-state index contributed by atoms with van der Waals surface area (Å²) >= 11 is 3.49. The van der Waals surface area contributed by atoms with Crippen LogP contribution < -0.4 is 10.6 Å². The highest BCUT2D eigenvalue weighted by molar-refractivity contribution is 7.18. The van der Waals surface area contributed by atoms with Crippen molar-refractivity contribution in [3.05, 3.63) is 46.9 Å². The summed E-state index contributed by atoms with van der Waals surface area (Å²) in [4.78, 5) is 11.5. The lowest BCUT2D eigenvalue weighted by atomic mass is 10.1. The highest BCUT2D eigenvalue weighted by atomic mass is 32.1. The van der Waals surface area contributed by atoms with Gasteiger partial charge in [-0.2, -0.15) is 0 Å². The van der Waals surface area contributed by atoms with E-state index in [2.05, 4.69) is 50.9 Å². The van der Waals surface area contributed by atoms with Crippen molar-refractivity contribution in [3.8, 4) is 0 Å². The average Bonchev–Trinajstić information content (AvgIpc) is 3.34. The molecule has 4 aromatic rings. The quantitative estimate of drug-likeness (QED) is 0.560. The zero-order valence-electron chi connectivity index (χ0n) is 13.0. The molecule has 0 amide bonds. The molecule has 1 aliphatic rings. The molecule has 120 valence electrons. The molecule has 5 rings (SSSR count). The van der Waals surface area contributed by atoms with E-state index in [1.807, 2.05) is 23.0 Å². The van der Waals surface area contributed by atoms with Crippen LogP contribution in [0.5, 0.6) is 0 Å². The van der Waals surface area contributed by atoms with Gasteiger partial charge in [-0.3, -0.25) is 0 Å². The minimum atomic E-state index is 0.628. The van der Waals surface area contributed by atoms with Crippen LogP contribution in [0.1, 0.15) is 17.2 Å². The Morgan fingerprint density at radius 1 is 1.17 bits per heavy atom. The predicted octanol–water partition coefficient (Wildman–Crippen LogP) is 4.73. The number of thiophene rings is 1. The molecule has 0 bridgehead atoms. The van der Waals surface area contributed by atoms with Crippen molar-refractivity contribution >= 4 is 54.5 Å². The summed E-state index contributed by atoms with van der Waals surface area (Å²) in [7, 11) is 0. The molecule has 0 aliphatic carbocycles. The van der Waals surface area contributed by atoms with Crippen molar-refractivity contribution in [2.45, 2.75) is 12.3 Å². The maximum absolute atomic E-state index is 4.56. The van der Waals surface area contributed by atoms with Crippen molar-refractivity contribution in [3.63, 3.8) is 0 Å². The van der Waals surface area contributed by atoms with E-state index in [1.54, 1.807) is 11.3 Å². The average molecular weight is 352 g/mol. The van der Waals surface area contributed by atoms with Crippen molar-refractivity contribution in [1.29, 1.82) is 0 Å². The van der Waals surface area contributed by atoms with E-state index in [9.17, 15) is 0 Å². The molecule has 4 heterocycles. The molecule has 1 aliphatic heterocycles. The second kappa shape index (κ2) is 5.81. The van der Waals surface area contributed by atoms with Crippen LogP contribution >= 0.6 is 22.7 Å². The number of thiazole rings is 1. The van der Waals surface area contributed by atoms with Crippen molar-refractivity contribution in [2.24, 2.45) is 0 Å². The maximum atomic E-state index is 4.56. The Labute approximate surface area is 147 Å². The highest BCUT2D eigenvalue weighted by Gasteiger charge is 2.20. The van der Waals surface area contributed by atoms with Gasteiger partial charge in [0.25, 0.3) is 0 Å². The molecular weight excluding hydrogens is 336 g/mol. The van der Waals surface area contributed by atoms with Gasteiger partial charge in [-0.25, -0.2) is 9.97 Å². The van der Waals surface area contributed by atoms with Gasteiger partial charge >= 0.3 is 0 Å². The van der Waals surface area contributed by atoms with Crippen LogP contribution in [-0.2, 0) is 0 Å². The van der Waals surface area contributed by atoms with Gasteiger partial charge in [0.2, 0.25) is 0 Å². The topological polar surface area (TPSA) is 49.8 Å². The van der Waals surface area contributed by atoms with Crippen LogP contribution in [0.15, 0.2) is 42.0 Å². The fourth-order valence-electron chi connectivity index (χ4n) is 3.26. The van der Waals surface area contributed by atoms with E-state index in [0.29, 0.717) is 5.92 Å². The van der Waals surface area contributed by atoms with Crippen LogP contribution in [0.25, 0.3) is 20.4 Å². The molecule has 6 heteroatoms. The van der Waals surface area contributed by atoms with E-state index in [0.717, 1.165) is 34.8 Å². The Bertz CT molecular complexity index is 1010. The van der Waals surface area contributed by atoms with Gasteiger partial charge in [-0.1, -0.05) is 0 Å². The summed E-state index contributed by atoms with van der Waals surface area (Å²) in [6.45, 7) is 2.20. The molecule has 0 saturated carbocycles. The molecular formula is C18H16N4S2. The smallest absolute Gasteiger partial charge is 0.125 e. The number of anilines is 2. The minimum Gasteiger partial charge on any atom is -0.355 e. The Balaban J connectivity index is 1.53. The zero-order valence-corrected chi connectivity index (χ0v) is 14.6. The number of pyridine rings is 1. The number of aromatic nitrogens is 2. The number of hydrogen-bond acceptors (Lipinski definition) is 6. The van der Waals surface area contributed by atoms with E-state index in [-0.39, 0.29) is 0 Å². The van der Waals surface area contributed by atoms with E-state index >= 15 is 0 Å². The maximum Gasteiger partial charge on any atom is 0.125 e. The molecule has 0 spiro atoms. The molecule has 1 aromatic carbocycles. The molecule has 1 atom stereocenters. The summed E-state index contributed by atoms with van der Waals surface area (Å²) in [6, 6.07) is 10.7. The number of hydrogen-bond donors (Lipinski definition) is 2. The van der Waals surface area contributed by atoms with Crippen LogP contribution in [0.4, 0.5) is 11.4 Å². The highest BCUT2D eigenvalue weighted by Crippen LogP contribution is 2.37. The van der Waals surface area contributed by atoms with Gasteiger partial charge in [0.05, 0.1) is 21.4 Å². The Hall–Kier alpha value is -2.02. The third-order valence-corrected chi connectivity index (χ3v) is 6.54. The largest absolute Gasteiger partial charge is 0.355 e. The molecule has 0 unspecified atom stereocenters. The molecule has 2 N–H and O–H groups in total. The first-order chi connectivity index (χ1) is 11.9. The number of rotatable bonds is 3.